The van der Waals surface area contributed by atoms with Crippen LogP contribution in [0.2, 0.25) is 0 Å². The molecule has 0 radical (unpaired) electrons. The number of alkyl halides is 1. The third-order valence-electron chi connectivity index (χ3n) is 1.56. The van der Waals surface area contributed by atoms with Gasteiger partial charge in [-0.05, 0) is 12.8 Å². The molecule has 0 aliphatic rings. The minimum absolute atomic E-state index is 0.422. The van der Waals surface area contributed by atoms with E-state index in [1.54, 1.807) is 0 Å². The van der Waals surface area contributed by atoms with Gasteiger partial charge in [-0.25, -0.2) is 0 Å². The number of primary amides is 1. The van der Waals surface area contributed by atoms with Crippen LogP contribution in [0, 0.1) is 0 Å². The van der Waals surface area contributed by atoms with E-state index in [1.165, 1.54) is 0 Å². The van der Waals surface area contributed by atoms with E-state index in [2.05, 4.69) is 0 Å². The molecular formula is C6H12ClNO. The second-order valence-corrected chi connectivity index (χ2v) is 2.76. The topological polar surface area (TPSA) is 43.1 Å². The van der Waals surface area contributed by atoms with E-state index in [0.29, 0.717) is 12.8 Å². The summed E-state index contributed by atoms with van der Waals surface area (Å²) < 4.78 is 0. The van der Waals surface area contributed by atoms with Crippen LogP contribution in [-0.4, -0.2) is 10.8 Å². The summed E-state index contributed by atoms with van der Waals surface area (Å²) in [6, 6.07) is 0. The Kier molecular flexibility index (Phi) is 2.98. The van der Waals surface area contributed by atoms with E-state index in [1.807, 2.05) is 13.8 Å². The van der Waals surface area contributed by atoms with E-state index in [4.69, 9.17) is 17.3 Å². The van der Waals surface area contributed by atoms with Crippen LogP contribution in [0.25, 0.3) is 0 Å². The highest BCUT2D eigenvalue weighted by Gasteiger charge is 2.29. The predicted molar refractivity (Wildman–Crippen MR) is 38.4 cm³/mol. The molecule has 0 unspecified atom stereocenters. The molecule has 1 amide bonds. The maximum absolute atomic E-state index is 10.6. The quantitative estimate of drug-likeness (QED) is 0.604. The molecule has 0 aliphatic heterocycles. The van der Waals surface area contributed by atoms with Gasteiger partial charge in [0, 0.05) is 0 Å². The maximum atomic E-state index is 10.6. The van der Waals surface area contributed by atoms with E-state index in [0.717, 1.165) is 0 Å². The number of nitrogens with two attached hydrogens (primary N) is 1. The van der Waals surface area contributed by atoms with Crippen molar-refractivity contribution in [1.29, 1.82) is 0 Å². The lowest BCUT2D eigenvalue weighted by Crippen LogP contribution is -2.37. The second kappa shape index (κ2) is 3.06. The van der Waals surface area contributed by atoms with Gasteiger partial charge in [0.05, 0.1) is 0 Å². The SMILES string of the molecule is CCC(Cl)(CC)C(N)=O. The first-order chi connectivity index (χ1) is 4.06. The molecule has 0 aromatic carbocycles. The van der Waals surface area contributed by atoms with Gasteiger partial charge in [0.2, 0.25) is 5.91 Å². The minimum Gasteiger partial charge on any atom is -0.368 e. The van der Waals surface area contributed by atoms with Crippen LogP contribution in [0.5, 0.6) is 0 Å². The van der Waals surface area contributed by atoms with Crippen LogP contribution < -0.4 is 5.73 Å². The van der Waals surface area contributed by atoms with Gasteiger partial charge in [-0.2, -0.15) is 0 Å². The summed E-state index contributed by atoms with van der Waals surface area (Å²) in [5, 5.41) is 0. The van der Waals surface area contributed by atoms with Gasteiger partial charge in [-0.15, -0.1) is 11.6 Å². The Morgan fingerprint density at radius 1 is 1.56 bits per heavy atom. The van der Waals surface area contributed by atoms with Crippen LogP contribution in [0.15, 0.2) is 0 Å². The monoisotopic (exact) mass is 149 g/mol. The van der Waals surface area contributed by atoms with Gasteiger partial charge in [0.25, 0.3) is 0 Å². The summed E-state index contributed by atoms with van der Waals surface area (Å²) in [4.78, 5) is 9.77. The lowest BCUT2D eigenvalue weighted by Gasteiger charge is -2.18. The largest absolute Gasteiger partial charge is 0.368 e. The molecule has 9 heavy (non-hydrogen) atoms. The molecular weight excluding hydrogens is 138 g/mol. The zero-order chi connectivity index (χ0) is 7.49. The molecule has 0 aromatic heterocycles. The minimum atomic E-state index is -0.806. The van der Waals surface area contributed by atoms with Gasteiger partial charge in [-0.1, -0.05) is 13.8 Å². The number of carbonyl (C=O) groups is 1. The van der Waals surface area contributed by atoms with Gasteiger partial charge in [-0.3, -0.25) is 4.79 Å². The Balaban J connectivity index is 4.09. The van der Waals surface area contributed by atoms with Gasteiger partial charge in [0.15, 0.2) is 0 Å². The van der Waals surface area contributed by atoms with Crippen molar-refractivity contribution in [3.8, 4) is 0 Å². The van der Waals surface area contributed by atoms with Crippen LogP contribution in [0.1, 0.15) is 26.7 Å². The Bertz CT molecular complexity index is 110. The van der Waals surface area contributed by atoms with Crippen molar-refractivity contribution >= 4 is 17.5 Å². The van der Waals surface area contributed by atoms with Gasteiger partial charge < -0.3 is 5.73 Å². The first kappa shape index (κ1) is 8.76. The van der Waals surface area contributed by atoms with Crippen molar-refractivity contribution in [1.82, 2.24) is 0 Å². The lowest BCUT2D eigenvalue weighted by molar-refractivity contribution is -0.120. The highest BCUT2D eigenvalue weighted by atomic mass is 35.5. The first-order valence-electron chi connectivity index (χ1n) is 3.05. The summed E-state index contributed by atoms with van der Waals surface area (Å²) in [5.41, 5.74) is 5.02. The summed E-state index contributed by atoms with van der Waals surface area (Å²) in [7, 11) is 0. The average Bonchev–Trinajstić information content (AvgIpc) is 1.86. The van der Waals surface area contributed by atoms with Crippen molar-refractivity contribution in [2.75, 3.05) is 0 Å². The van der Waals surface area contributed by atoms with Crippen LogP contribution in [0.3, 0.4) is 0 Å². The summed E-state index contributed by atoms with van der Waals surface area (Å²) in [5.74, 6) is -0.422. The Morgan fingerprint density at radius 3 is 1.89 bits per heavy atom. The van der Waals surface area contributed by atoms with Crippen molar-refractivity contribution in [3.05, 3.63) is 0 Å². The smallest absolute Gasteiger partial charge is 0.238 e. The number of hydrogen-bond acceptors (Lipinski definition) is 1. The molecule has 3 heteroatoms. The van der Waals surface area contributed by atoms with Crippen molar-refractivity contribution in [2.24, 2.45) is 5.73 Å². The predicted octanol–water partition coefficient (Wildman–Crippen LogP) is 1.27. The third-order valence-corrected chi connectivity index (χ3v) is 2.28. The standard InChI is InChI=1S/C6H12ClNO/c1-3-6(7,4-2)5(8)9/h3-4H2,1-2H3,(H2,8,9). The Morgan fingerprint density at radius 2 is 1.89 bits per heavy atom. The fraction of sp³-hybridized carbons (Fsp3) is 0.833. The lowest BCUT2D eigenvalue weighted by atomic mass is 10.0. The van der Waals surface area contributed by atoms with Crippen molar-refractivity contribution in [2.45, 2.75) is 31.6 Å². The molecule has 0 rings (SSSR count). The zero-order valence-corrected chi connectivity index (χ0v) is 6.53. The van der Waals surface area contributed by atoms with Crippen LogP contribution >= 0.6 is 11.6 Å². The summed E-state index contributed by atoms with van der Waals surface area (Å²) >= 11 is 5.77. The molecule has 54 valence electrons. The van der Waals surface area contributed by atoms with E-state index in [9.17, 15) is 4.79 Å². The highest BCUT2D eigenvalue weighted by molar-refractivity contribution is 6.34. The van der Waals surface area contributed by atoms with E-state index in [-0.39, 0.29) is 0 Å². The molecule has 0 aromatic rings. The van der Waals surface area contributed by atoms with E-state index >= 15 is 0 Å². The molecule has 0 bridgehead atoms. The second-order valence-electron chi connectivity index (χ2n) is 2.04. The van der Waals surface area contributed by atoms with Crippen LogP contribution in [0.4, 0.5) is 0 Å². The van der Waals surface area contributed by atoms with Gasteiger partial charge in [0.1, 0.15) is 4.87 Å². The number of rotatable bonds is 3. The molecule has 0 atom stereocenters. The zero-order valence-electron chi connectivity index (χ0n) is 5.78. The van der Waals surface area contributed by atoms with E-state index < -0.39 is 10.8 Å². The van der Waals surface area contributed by atoms with Crippen molar-refractivity contribution < 1.29 is 4.79 Å². The summed E-state index contributed by atoms with van der Waals surface area (Å²) in [6.45, 7) is 3.70. The number of amides is 1. The maximum Gasteiger partial charge on any atom is 0.238 e. The fourth-order valence-electron chi connectivity index (χ4n) is 0.598. The molecule has 0 saturated carbocycles. The molecule has 0 spiro atoms. The Hall–Kier alpha value is -0.240. The molecule has 0 saturated heterocycles. The molecule has 0 fully saturated rings. The molecule has 2 nitrogen and oxygen atoms in total. The third kappa shape index (κ3) is 1.86. The normalized spacial score (nSPS) is 11.4. The molecule has 2 N–H and O–H groups in total. The molecule has 0 heterocycles. The first-order valence-corrected chi connectivity index (χ1v) is 3.43. The van der Waals surface area contributed by atoms with Gasteiger partial charge >= 0.3 is 0 Å². The number of hydrogen-bond donors (Lipinski definition) is 1. The molecule has 0 aliphatic carbocycles. The average molecular weight is 150 g/mol. The van der Waals surface area contributed by atoms with Crippen molar-refractivity contribution in [3.63, 3.8) is 0 Å². The number of carbonyl (C=O) groups excluding carboxylic acids is 1. The fourth-order valence-corrected chi connectivity index (χ4v) is 0.598. The number of halogens is 1. The van der Waals surface area contributed by atoms with Crippen LogP contribution in [-0.2, 0) is 4.79 Å². The Labute approximate surface area is 60.4 Å². The summed E-state index contributed by atoms with van der Waals surface area (Å²) in [6.07, 6.45) is 1.20. The highest BCUT2D eigenvalue weighted by Crippen LogP contribution is 2.22.